The highest BCUT2D eigenvalue weighted by Crippen LogP contribution is 2.40. The molecule has 3 saturated heterocycles. The second kappa shape index (κ2) is 17.8. The summed E-state index contributed by atoms with van der Waals surface area (Å²) in [7, 11) is 7.12. The van der Waals surface area contributed by atoms with Gasteiger partial charge in [0.2, 0.25) is 0 Å². The number of hydrogen-bond donors (Lipinski definition) is 5. The molecule has 0 aromatic carbocycles. The molecule has 3 rings (SSSR count). The first-order valence-electron chi connectivity index (χ1n) is 19.1. The number of aliphatic hydroxyl groups is 5. The first-order chi connectivity index (χ1) is 23.9. The summed E-state index contributed by atoms with van der Waals surface area (Å²) in [6, 6.07) is -0.808. The zero-order valence-electron chi connectivity index (χ0n) is 34.2. The van der Waals surface area contributed by atoms with E-state index in [1.807, 2.05) is 51.7 Å². The van der Waals surface area contributed by atoms with E-state index in [0.717, 1.165) is 0 Å². The average molecular weight is 749 g/mol. The zero-order valence-corrected chi connectivity index (χ0v) is 34.2. The van der Waals surface area contributed by atoms with Crippen LogP contribution in [-0.2, 0) is 33.2 Å². The van der Waals surface area contributed by atoms with Gasteiger partial charge in [0.25, 0.3) is 0 Å². The fourth-order valence-corrected chi connectivity index (χ4v) is 8.74. The number of nitrogens with zero attached hydrogens (tertiary/aromatic N) is 2. The Kier molecular flexibility index (Phi) is 15.6. The Bertz CT molecular complexity index is 1140. The summed E-state index contributed by atoms with van der Waals surface area (Å²) in [5, 5.41) is 58.1. The van der Waals surface area contributed by atoms with Crippen molar-refractivity contribution in [3.63, 3.8) is 0 Å². The maximum Gasteiger partial charge on any atom is 0.311 e. The van der Waals surface area contributed by atoms with Gasteiger partial charge in [-0.1, -0.05) is 20.8 Å². The van der Waals surface area contributed by atoms with Gasteiger partial charge < -0.3 is 63.8 Å². The van der Waals surface area contributed by atoms with Gasteiger partial charge in [-0.15, -0.1) is 0 Å². The molecule has 3 fully saturated rings. The first kappa shape index (κ1) is 45.4. The molecular weight excluding hydrogens is 676 g/mol. The molecule has 0 spiro atoms. The molecule has 0 bridgehead atoms. The number of rotatable bonds is 7. The zero-order chi connectivity index (χ0) is 39.7. The smallest absolute Gasteiger partial charge is 0.311 e. The molecule has 3 aliphatic rings. The van der Waals surface area contributed by atoms with Crippen molar-refractivity contribution in [3.05, 3.63) is 0 Å². The van der Waals surface area contributed by atoms with Crippen LogP contribution in [0.15, 0.2) is 0 Å². The van der Waals surface area contributed by atoms with Gasteiger partial charge >= 0.3 is 5.97 Å². The van der Waals surface area contributed by atoms with Crippen molar-refractivity contribution in [2.75, 3.05) is 34.8 Å². The number of carbonyl (C=O) groups is 1. The minimum atomic E-state index is -1.80. The van der Waals surface area contributed by atoms with Gasteiger partial charge in [-0.05, 0) is 94.8 Å². The van der Waals surface area contributed by atoms with E-state index in [1.54, 1.807) is 41.5 Å². The maximum absolute atomic E-state index is 14.2. The highest BCUT2D eigenvalue weighted by Gasteiger charge is 2.52. The minimum Gasteiger partial charge on any atom is -0.459 e. The van der Waals surface area contributed by atoms with Gasteiger partial charge in [-0.3, -0.25) is 4.79 Å². The summed E-state index contributed by atoms with van der Waals surface area (Å²) in [4.78, 5) is 18.0. The molecule has 0 amide bonds. The van der Waals surface area contributed by atoms with Crippen LogP contribution < -0.4 is 0 Å². The van der Waals surface area contributed by atoms with Gasteiger partial charge in [0.05, 0.1) is 41.5 Å². The van der Waals surface area contributed by atoms with E-state index in [4.69, 9.17) is 28.4 Å². The number of methoxy groups -OCH3 is 1. The van der Waals surface area contributed by atoms with Gasteiger partial charge in [0.1, 0.15) is 30.0 Å². The molecule has 14 heteroatoms. The Morgan fingerprint density at radius 3 is 2.12 bits per heavy atom. The highest BCUT2D eigenvalue weighted by molar-refractivity contribution is 5.73. The summed E-state index contributed by atoms with van der Waals surface area (Å²) in [6.07, 6.45) is -8.19. The van der Waals surface area contributed by atoms with Gasteiger partial charge in [-0.2, -0.15) is 0 Å². The van der Waals surface area contributed by atoms with Gasteiger partial charge in [0.15, 0.2) is 12.6 Å². The Morgan fingerprint density at radius 1 is 0.942 bits per heavy atom. The molecule has 0 aromatic rings. The largest absolute Gasteiger partial charge is 0.459 e. The third-order valence-corrected chi connectivity index (χ3v) is 12.2. The lowest BCUT2D eigenvalue weighted by Gasteiger charge is -2.48. The van der Waals surface area contributed by atoms with Gasteiger partial charge in [0, 0.05) is 38.1 Å². The number of esters is 1. The molecule has 3 heterocycles. The van der Waals surface area contributed by atoms with Crippen molar-refractivity contribution in [1.82, 2.24) is 9.80 Å². The lowest BCUT2D eigenvalue weighted by Crippen LogP contribution is -2.60. The number of ether oxygens (including phenoxy) is 6. The summed E-state index contributed by atoms with van der Waals surface area (Å²) >= 11 is 0. The number of hydrogen-bond acceptors (Lipinski definition) is 14. The minimum absolute atomic E-state index is 0.133. The van der Waals surface area contributed by atoms with Gasteiger partial charge in [-0.25, -0.2) is 0 Å². The molecule has 14 nitrogen and oxygen atoms in total. The van der Waals surface area contributed by atoms with E-state index in [2.05, 4.69) is 0 Å². The van der Waals surface area contributed by atoms with Crippen molar-refractivity contribution >= 4 is 5.97 Å². The molecule has 0 radical (unpaired) electrons. The lowest BCUT2D eigenvalue weighted by atomic mass is 9.77. The van der Waals surface area contributed by atoms with Crippen LogP contribution in [0.5, 0.6) is 0 Å². The molecule has 0 aliphatic carbocycles. The van der Waals surface area contributed by atoms with Crippen molar-refractivity contribution in [2.24, 2.45) is 17.8 Å². The summed E-state index contributed by atoms with van der Waals surface area (Å²) in [5.41, 5.74) is -4.37. The SMILES string of the molecule is CC[C@H]1OC(=O)[C@H](C)[C@@H](O[C@@H]2C[C@](C)(OC)[C@H](O)[C@H](C)O2)[C@H](C)[C@@H](O[C@@H]2O[C@H](C)C[C@@H](N(C)C)[C@H]2O)[C@](C)(O)C[C@@H](C)CN(C)[C@H](C)[C@@H](O)[C@]1(C)O. The Balaban J connectivity index is 2.17. The van der Waals surface area contributed by atoms with E-state index in [9.17, 15) is 30.3 Å². The fraction of sp³-hybridized carbons (Fsp3) is 0.974. The molecule has 0 unspecified atom stereocenters. The number of likely N-dealkylation sites (N-methyl/N-ethyl adjacent to an activating group) is 2. The highest BCUT2D eigenvalue weighted by atomic mass is 16.7. The van der Waals surface area contributed by atoms with Crippen molar-refractivity contribution < 1.29 is 58.7 Å². The second-order valence-electron chi connectivity index (χ2n) is 17.2. The summed E-state index contributed by atoms with van der Waals surface area (Å²) in [5.74, 6) is -2.58. The van der Waals surface area contributed by atoms with E-state index < -0.39 is 96.0 Å². The molecule has 3 aliphatic heterocycles. The predicted octanol–water partition coefficient (Wildman–Crippen LogP) is 1.90. The quantitative estimate of drug-likeness (QED) is 0.238. The monoisotopic (exact) mass is 749 g/mol. The van der Waals surface area contributed by atoms with Crippen LogP contribution in [0.3, 0.4) is 0 Å². The normalized spacial score (nSPS) is 49.6. The molecular formula is C38H72N2O12. The maximum atomic E-state index is 14.2. The van der Waals surface area contributed by atoms with Crippen LogP contribution in [0, 0.1) is 17.8 Å². The van der Waals surface area contributed by atoms with Crippen LogP contribution in [-0.4, -0.2) is 166 Å². The van der Waals surface area contributed by atoms with Crippen molar-refractivity contribution in [1.29, 1.82) is 0 Å². The Morgan fingerprint density at radius 2 is 1.56 bits per heavy atom. The molecule has 0 saturated carbocycles. The number of carbonyl (C=O) groups excluding carboxylic acids is 1. The van der Waals surface area contributed by atoms with Crippen molar-refractivity contribution in [3.8, 4) is 0 Å². The number of cyclic esters (lactones) is 1. The van der Waals surface area contributed by atoms with E-state index in [0.29, 0.717) is 13.0 Å². The summed E-state index contributed by atoms with van der Waals surface area (Å²) < 4.78 is 37.5. The first-order valence-corrected chi connectivity index (χ1v) is 19.1. The molecule has 18 atom stereocenters. The Hall–Kier alpha value is -1.01. The van der Waals surface area contributed by atoms with E-state index in [1.165, 1.54) is 14.0 Å². The topological polar surface area (TPSA) is 180 Å². The van der Waals surface area contributed by atoms with Crippen LogP contribution >= 0.6 is 0 Å². The lowest BCUT2D eigenvalue weighted by molar-refractivity contribution is -0.318. The van der Waals surface area contributed by atoms with Crippen LogP contribution in [0.4, 0.5) is 0 Å². The number of aliphatic hydroxyl groups excluding tert-OH is 3. The molecule has 306 valence electrons. The van der Waals surface area contributed by atoms with E-state index >= 15 is 0 Å². The molecule has 5 N–H and O–H groups in total. The standard InChI is InChI=1S/C38H72N2O12/c1-15-27-38(10,46)31(42)24(6)40(13)19-20(2)17-36(8,45)33(52-35-29(41)26(39(11)12)16-21(3)48-35)22(4)30(23(5)34(44)50-27)51-28-18-37(9,47-14)32(43)25(7)49-28/h20-33,35,41-43,45-46H,15-19H2,1-14H3/t20-,21-,22+,23-,24-,25+,26-,27-,28-,29-,30+,31-,32-,33-,35+,36-,37+,38-/m1/s1. The average Bonchev–Trinajstić information content (AvgIpc) is 3.05. The molecule has 0 aromatic heterocycles. The summed E-state index contributed by atoms with van der Waals surface area (Å²) in [6.45, 7) is 18.0. The van der Waals surface area contributed by atoms with Crippen molar-refractivity contribution in [2.45, 2.75) is 185 Å². The second-order valence-corrected chi connectivity index (χ2v) is 17.2. The van der Waals surface area contributed by atoms with Crippen LogP contribution in [0.2, 0.25) is 0 Å². The van der Waals surface area contributed by atoms with Crippen LogP contribution in [0.25, 0.3) is 0 Å². The third-order valence-electron chi connectivity index (χ3n) is 12.2. The fourth-order valence-electron chi connectivity index (χ4n) is 8.74. The van der Waals surface area contributed by atoms with Crippen LogP contribution in [0.1, 0.15) is 94.9 Å². The third kappa shape index (κ3) is 10.0. The Labute approximate surface area is 312 Å². The molecule has 52 heavy (non-hydrogen) atoms. The van der Waals surface area contributed by atoms with E-state index in [-0.39, 0.29) is 37.3 Å². The predicted molar refractivity (Wildman–Crippen MR) is 194 cm³/mol.